The van der Waals surface area contributed by atoms with E-state index in [0.29, 0.717) is 5.56 Å². The molecule has 4 nitrogen and oxygen atoms in total. The summed E-state index contributed by atoms with van der Waals surface area (Å²) in [5, 5.41) is 11.0. The van der Waals surface area contributed by atoms with Crippen LogP contribution in [0.4, 0.5) is 0 Å². The number of thiophene rings is 1. The topological polar surface area (TPSA) is 63.1 Å². The van der Waals surface area contributed by atoms with Crippen molar-refractivity contribution in [1.29, 1.82) is 0 Å². The second kappa shape index (κ2) is 6.46. The van der Waals surface area contributed by atoms with Gasteiger partial charge in [0.1, 0.15) is 16.2 Å². The number of aryl methyl sites for hydroxylation is 1. The maximum atomic E-state index is 10.8. The van der Waals surface area contributed by atoms with E-state index in [2.05, 4.69) is 23.0 Å². The van der Waals surface area contributed by atoms with Gasteiger partial charge in [-0.2, -0.15) is 0 Å². The molecule has 6 heteroatoms. The number of rotatable bonds is 5. The summed E-state index contributed by atoms with van der Waals surface area (Å²) in [6.07, 6.45) is 2.61. The Hall–Kier alpha value is -1.92. The van der Waals surface area contributed by atoms with E-state index in [0.717, 1.165) is 33.0 Å². The van der Waals surface area contributed by atoms with E-state index in [9.17, 15) is 4.79 Å². The molecule has 3 rings (SSSR count). The number of hydrogen-bond acceptors (Lipinski definition) is 5. The van der Waals surface area contributed by atoms with Crippen molar-refractivity contribution >= 4 is 39.3 Å². The van der Waals surface area contributed by atoms with Crippen LogP contribution in [0.5, 0.6) is 0 Å². The number of hydrogen-bond donors (Lipinski definition) is 1. The fourth-order valence-corrected chi connectivity index (χ4v) is 4.00. The molecule has 0 saturated carbocycles. The molecule has 1 aromatic carbocycles. The maximum Gasteiger partial charge on any atom is 0.335 e. The highest BCUT2D eigenvalue weighted by Gasteiger charge is 2.09. The Labute approximate surface area is 136 Å². The quantitative estimate of drug-likeness (QED) is 0.560. The summed E-state index contributed by atoms with van der Waals surface area (Å²) >= 11 is 3.36. The number of carboxylic acids is 1. The lowest BCUT2D eigenvalue weighted by Crippen LogP contribution is -1.95. The monoisotopic (exact) mass is 330 g/mol. The van der Waals surface area contributed by atoms with E-state index in [4.69, 9.17) is 5.11 Å². The zero-order valence-corrected chi connectivity index (χ0v) is 13.6. The third-order valence-corrected chi connectivity index (χ3v) is 5.53. The molecule has 0 unspecified atom stereocenters. The second-order valence-corrected chi connectivity index (χ2v) is 6.83. The molecule has 0 amide bonds. The van der Waals surface area contributed by atoms with Crippen LogP contribution in [0.3, 0.4) is 0 Å². The zero-order chi connectivity index (χ0) is 15.5. The summed E-state index contributed by atoms with van der Waals surface area (Å²) in [5.41, 5.74) is 1.39. The minimum atomic E-state index is -0.901. The van der Waals surface area contributed by atoms with Gasteiger partial charge in [0.25, 0.3) is 0 Å². The molecular formula is C16H14N2O2S2. The smallest absolute Gasteiger partial charge is 0.335 e. The largest absolute Gasteiger partial charge is 0.478 e. The van der Waals surface area contributed by atoms with Crippen LogP contribution in [-0.2, 0) is 12.2 Å². The molecule has 0 saturated heterocycles. The van der Waals surface area contributed by atoms with Crippen LogP contribution < -0.4 is 0 Å². The number of carboxylic acid groups (broad SMARTS) is 1. The Morgan fingerprint density at radius 3 is 2.73 bits per heavy atom. The first-order valence-corrected chi connectivity index (χ1v) is 8.66. The third-order valence-electron chi connectivity index (χ3n) is 3.27. The number of benzene rings is 1. The van der Waals surface area contributed by atoms with Crippen LogP contribution in [-0.4, -0.2) is 21.0 Å². The van der Waals surface area contributed by atoms with E-state index in [-0.39, 0.29) is 0 Å². The highest BCUT2D eigenvalue weighted by molar-refractivity contribution is 7.98. The molecule has 0 aliphatic carbocycles. The van der Waals surface area contributed by atoms with Crippen molar-refractivity contribution < 1.29 is 9.90 Å². The SMILES string of the molecule is CCc1cc2c(SCc3ccc(C(=O)O)cc3)ncnc2s1. The van der Waals surface area contributed by atoms with Crippen molar-refractivity contribution in [2.45, 2.75) is 24.1 Å². The third kappa shape index (κ3) is 3.13. The highest BCUT2D eigenvalue weighted by Crippen LogP contribution is 2.32. The lowest BCUT2D eigenvalue weighted by atomic mass is 10.1. The van der Waals surface area contributed by atoms with Crippen LogP contribution in [0.1, 0.15) is 27.7 Å². The molecule has 112 valence electrons. The first-order valence-electron chi connectivity index (χ1n) is 6.86. The van der Waals surface area contributed by atoms with Crippen molar-refractivity contribution in [3.05, 3.63) is 52.7 Å². The van der Waals surface area contributed by atoms with Crippen LogP contribution in [0.25, 0.3) is 10.2 Å². The van der Waals surface area contributed by atoms with E-state index < -0.39 is 5.97 Å². The molecule has 2 heterocycles. The number of aromatic nitrogens is 2. The van der Waals surface area contributed by atoms with Gasteiger partial charge >= 0.3 is 5.97 Å². The molecule has 22 heavy (non-hydrogen) atoms. The Morgan fingerprint density at radius 1 is 1.27 bits per heavy atom. The zero-order valence-electron chi connectivity index (χ0n) is 11.9. The van der Waals surface area contributed by atoms with Gasteiger partial charge in [-0.3, -0.25) is 0 Å². The summed E-state index contributed by atoms with van der Waals surface area (Å²) in [6.45, 7) is 2.13. The van der Waals surface area contributed by atoms with Crippen LogP contribution in [0, 0.1) is 0 Å². The Morgan fingerprint density at radius 2 is 2.05 bits per heavy atom. The number of thioether (sulfide) groups is 1. The standard InChI is InChI=1S/C16H14N2O2S2/c1-2-12-7-13-14(17-9-18-15(13)22-12)21-8-10-3-5-11(6-4-10)16(19)20/h3-7,9H,2,8H2,1H3,(H,19,20). The first-order chi connectivity index (χ1) is 10.7. The molecule has 2 aromatic heterocycles. The molecule has 0 spiro atoms. The van der Waals surface area contributed by atoms with E-state index in [1.165, 1.54) is 4.88 Å². The fourth-order valence-electron chi connectivity index (χ4n) is 2.07. The molecule has 1 N–H and O–H groups in total. The molecule has 0 fully saturated rings. The van der Waals surface area contributed by atoms with Gasteiger partial charge in [-0.25, -0.2) is 14.8 Å². The summed E-state index contributed by atoms with van der Waals surface area (Å²) in [4.78, 5) is 21.9. The van der Waals surface area contributed by atoms with Crippen LogP contribution in [0.2, 0.25) is 0 Å². The highest BCUT2D eigenvalue weighted by atomic mass is 32.2. The van der Waals surface area contributed by atoms with Gasteiger partial charge in [0.2, 0.25) is 0 Å². The number of nitrogens with zero attached hydrogens (tertiary/aromatic N) is 2. The van der Waals surface area contributed by atoms with Gasteiger partial charge in [0.05, 0.1) is 5.56 Å². The van der Waals surface area contributed by atoms with Crippen molar-refractivity contribution in [1.82, 2.24) is 9.97 Å². The Kier molecular flexibility index (Phi) is 4.40. The predicted molar refractivity (Wildman–Crippen MR) is 89.8 cm³/mol. The predicted octanol–water partition coefficient (Wildman–Crippen LogP) is 4.24. The number of fused-ring (bicyclic) bond motifs is 1. The van der Waals surface area contributed by atoms with Crippen molar-refractivity contribution in [3.63, 3.8) is 0 Å². The van der Waals surface area contributed by atoms with E-state index >= 15 is 0 Å². The van der Waals surface area contributed by atoms with Gasteiger partial charge < -0.3 is 5.11 Å². The number of aromatic carboxylic acids is 1. The van der Waals surface area contributed by atoms with Crippen LogP contribution in [0.15, 0.2) is 41.7 Å². The molecule has 0 bridgehead atoms. The minimum absolute atomic E-state index is 0.309. The minimum Gasteiger partial charge on any atom is -0.478 e. The van der Waals surface area contributed by atoms with E-state index in [1.54, 1.807) is 41.6 Å². The molecule has 0 aliphatic rings. The summed E-state index contributed by atoms with van der Waals surface area (Å²) in [7, 11) is 0. The van der Waals surface area contributed by atoms with Crippen LogP contribution >= 0.6 is 23.1 Å². The lowest BCUT2D eigenvalue weighted by molar-refractivity contribution is 0.0697. The Balaban J connectivity index is 1.78. The molecular weight excluding hydrogens is 316 g/mol. The van der Waals surface area contributed by atoms with Crippen molar-refractivity contribution in [2.24, 2.45) is 0 Å². The summed E-state index contributed by atoms with van der Waals surface area (Å²) < 4.78 is 0. The summed E-state index contributed by atoms with van der Waals surface area (Å²) in [6, 6.07) is 9.12. The average molecular weight is 330 g/mol. The molecule has 0 atom stereocenters. The van der Waals surface area contributed by atoms with Gasteiger partial charge in [-0.05, 0) is 30.2 Å². The molecule has 0 radical (unpaired) electrons. The van der Waals surface area contributed by atoms with Gasteiger partial charge in [0.15, 0.2) is 0 Å². The van der Waals surface area contributed by atoms with Gasteiger partial charge in [-0.15, -0.1) is 23.1 Å². The van der Waals surface area contributed by atoms with E-state index in [1.807, 2.05) is 12.1 Å². The van der Waals surface area contributed by atoms with Gasteiger partial charge in [-0.1, -0.05) is 19.1 Å². The number of carbonyl (C=O) groups is 1. The normalized spacial score (nSPS) is 11.0. The Bertz CT molecular complexity index is 813. The fraction of sp³-hybridized carbons (Fsp3) is 0.188. The summed E-state index contributed by atoms with van der Waals surface area (Å²) in [5.74, 6) is -0.148. The average Bonchev–Trinajstić information content (AvgIpc) is 2.97. The first kappa shape index (κ1) is 15.0. The second-order valence-electron chi connectivity index (χ2n) is 4.75. The van der Waals surface area contributed by atoms with Gasteiger partial charge in [0, 0.05) is 16.0 Å². The molecule has 0 aliphatic heterocycles. The van der Waals surface area contributed by atoms with Crippen molar-refractivity contribution in [2.75, 3.05) is 0 Å². The maximum absolute atomic E-state index is 10.8. The molecule has 3 aromatic rings. The van der Waals surface area contributed by atoms with Crippen molar-refractivity contribution in [3.8, 4) is 0 Å². The lowest BCUT2D eigenvalue weighted by Gasteiger charge is -2.03.